The molecular formula is C33H33N3O5. The number of hydrogen-bond acceptors (Lipinski definition) is 6. The number of benzene rings is 3. The second-order valence-electron chi connectivity index (χ2n) is 9.45. The fraction of sp³-hybridized carbons (Fsp3) is 0.182. The second kappa shape index (κ2) is 12.8. The van der Waals surface area contributed by atoms with Crippen molar-refractivity contribution in [1.82, 2.24) is 9.97 Å². The third-order valence-corrected chi connectivity index (χ3v) is 6.75. The Morgan fingerprint density at radius 1 is 0.683 bits per heavy atom. The molecule has 8 nitrogen and oxygen atoms in total. The Bertz CT molecular complexity index is 1880. The molecule has 8 heteroatoms. The van der Waals surface area contributed by atoms with Crippen molar-refractivity contribution < 1.29 is 18.9 Å². The van der Waals surface area contributed by atoms with E-state index in [-0.39, 0.29) is 5.56 Å². The number of aromatic nitrogens is 3. The van der Waals surface area contributed by atoms with E-state index < -0.39 is 0 Å². The monoisotopic (exact) mass is 551 g/mol. The Morgan fingerprint density at radius 2 is 1.27 bits per heavy atom. The molecule has 0 fully saturated rings. The number of H-pyrrole nitrogens is 1. The van der Waals surface area contributed by atoms with Crippen molar-refractivity contribution in [3.05, 3.63) is 117 Å². The molecule has 0 spiro atoms. The highest BCUT2D eigenvalue weighted by molar-refractivity contribution is 5.84. The van der Waals surface area contributed by atoms with Gasteiger partial charge in [-0.2, -0.15) is 4.73 Å². The van der Waals surface area contributed by atoms with Gasteiger partial charge < -0.3 is 24.4 Å². The normalized spacial score (nSPS) is 10.4. The lowest BCUT2D eigenvalue weighted by molar-refractivity contribution is -0.577. The molecule has 0 aliphatic carbocycles. The average molecular weight is 552 g/mol. The van der Waals surface area contributed by atoms with E-state index in [4.69, 9.17) is 14.2 Å². The van der Waals surface area contributed by atoms with Crippen LogP contribution in [0.15, 0.2) is 90.0 Å². The van der Waals surface area contributed by atoms with Crippen LogP contribution in [-0.2, 0) is 0 Å². The highest BCUT2D eigenvalue weighted by Crippen LogP contribution is 2.23. The van der Waals surface area contributed by atoms with Gasteiger partial charge in [-0.1, -0.05) is 0 Å². The van der Waals surface area contributed by atoms with Crippen molar-refractivity contribution in [1.29, 1.82) is 0 Å². The van der Waals surface area contributed by atoms with E-state index in [2.05, 4.69) is 16.9 Å². The third kappa shape index (κ3) is 6.73. The maximum absolute atomic E-state index is 11.4. The Hall–Kier alpha value is -5.11. The Balaban J connectivity index is 0.000000142. The van der Waals surface area contributed by atoms with E-state index >= 15 is 0 Å². The molecule has 0 aliphatic heterocycles. The standard InChI is InChI=1S/2C11H11NO2.C11H11NO/c1-7-5-11(13)12-10-4-3-8(14-2)6-9(7)10;1-8-5-6-12(13)11-4-3-9(14-2)7-10(8)11;1-8-5-6-12-11-4-3-9(13-2)7-10(8)11/h3-6H,1-2H3,(H,12,13);3-7H,1-2H3;3-7H,1-2H3. The molecule has 6 rings (SSSR count). The smallest absolute Gasteiger partial charge is 0.248 e. The molecule has 0 aliphatic rings. The molecule has 41 heavy (non-hydrogen) atoms. The summed E-state index contributed by atoms with van der Waals surface area (Å²) < 4.78 is 16.2. The van der Waals surface area contributed by atoms with Gasteiger partial charge >= 0.3 is 0 Å². The van der Waals surface area contributed by atoms with Gasteiger partial charge in [-0.05, 0) is 92.1 Å². The van der Waals surface area contributed by atoms with Crippen molar-refractivity contribution in [2.45, 2.75) is 20.8 Å². The molecule has 0 atom stereocenters. The second-order valence-corrected chi connectivity index (χ2v) is 9.45. The van der Waals surface area contributed by atoms with Gasteiger partial charge in [0.25, 0.3) is 0 Å². The number of ether oxygens (including phenoxy) is 3. The molecule has 0 amide bonds. The van der Waals surface area contributed by atoms with Gasteiger partial charge in [-0.15, -0.1) is 0 Å². The SMILES string of the molecule is COc1ccc2[nH]c(=O)cc(C)c2c1.COc1ccc2c(c1)c(C)cc[n+]2[O-].COc1ccc2nccc(C)c2c1. The number of aryl methyl sites for hydroxylation is 3. The molecule has 0 saturated carbocycles. The minimum atomic E-state index is -0.0693. The van der Waals surface area contributed by atoms with Gasteiger partial charge in [0.2, 0.25) is 11.1 Å². The minimum absolute atomic E-state index is 0.0693. The molecule has 0 bridgehead atoms. The number of aromatic amines is 1. The van der Waals surface area contributed by atoms with Gasteiger partial charge in [0.15, 0.2) is 6.20 Å². The third-order valence-electron chi connectivity index (χ3n) is 6.75. The van der Waals surface area contributed by atoms with Crippen LogP contribution < -0.4 is 24.5 Å². The molecule has 210 valence electrons. The average Bonchev–Trinajstić information content (AvgIpc) is 2.99. The highest BCUT2D eigenvalue weighted by Gasteiger charge is 2.07. The Kier molecular flexibility index (Phi) is 9.04. The molecule has 6 aromatic rings. The fourth-order valence-corrected chi connectivity index (χ4v) is 4.42. The van der Waals surface area contributed by atoms with Crippen LogP contribution in [0.1, 0.15) is 16.7 Å². The van der Waals surface area contributed by atoms with Gasteiger partial charge in [-0.25, -0.2) is 0 Å². The van der Waals surface area contributed by atoms with Crippen LogP contribution in [0.2, 0.25) is 0 Å². The van der Waals surface area contributed by atoms with Gasteiger partial charge in [0, 0.05) is 40.7 Å². The topological polar surface area (TPSA) is 100 Å². The minimum Gasteiger partial charge on any atom is -0.618 e. The summed E-state index contributed by atoms with van der Waals surface area (Å²) in [5, 5.41) is 14.5. The lowest BCUT2D eigenvalue weighted by atomic mass is 10.1. The maximum atomic E-state index is 11.4. The van der Waals surface area contributed by atoms with Crippen molar-refractivity contribution >= 4 is 32.7 Å². The molecule has 0 unspecified atom stereocenters. The lowest BCUT2D eigenvalue weighted by Gasteiger charge is -2.05. The molecule has 3 heterocycles. The van der Waals surface area contributed by atoms with Gasteiger partial charge in [0.1, 0.15) is 17.2 Å². The van der Waals surface area contributed by atoms with E-state index in [1.807, 2.05) is 68.6 Å². The highest BCUT2D eigenvalue weighted by atomic mass is 16.5. The van der Waals surface area contributed by atoms with Crippen molar-refractivity contribution in [2.75, 3.05) is 21.3 Å². The number of fused-ring (bicyclic) bond motifs is 3. The molecule has 3 aromatic carbocycles. The number of rotatable bonds is 3. The van der Waals surface area contributed by atoms with Crippen LogP contribution >= 0.6 is 0 Å². The first kappa shape index (κ1) is 28.9. The predicted molar refractivity (Wildman–Crippen MR) is 163 cm³/mol. The number of pyridine rings is 3. The van der Waals surface area contributed by atoms with E-state index in [9.17, 15) is 10.0 Å². The van der Waals surface area contributed by atoms with Crippen molar-refractivity contribution in [3.63, 3.8) is 0 Å². The van der Waals surface area contributed by atoms with Crippen LogP contribution in [0.5, 0.6) is 17.2 Å². The summed E-state index contributed by atoms with van der Waals surface area (Å²) in [6.45, 7) is 5.96. The molecule has 0 radical (unpaired) electrons. The zero-order chi connectivity index (χ0) is 29.5. The zero-order valence-electron chi connectivity index (χ0n) is 24.0. The molecule has 0 saturated heterocycles. The number of hydrogen-bond donors (Lipinski definition) is 1. The quantitative estimate of drug-likeness (QED) is 0.208. The summed E-state index contributed by atoms with van der Waals surface area (Å²) in [7, 11) is 4.92. The van der Waals surface area contributed by atoms with E-state index in [0.717, 1.165) is 60.3 Å². The summed E-state index contributed by atoms with van der Waals surface area (Å²) in [5.41, 5.74) is 5.72. The summed E-state index contributed by atoms with van der Waals surface area (Å²) in [6.07, 6.45) is 3.34. The number of methoxy groups -OCH3 is 3. The largest absolute Gasteiger partial charge is 0.618 e. The maximum Gasteiger partial charge on any atom is 0.248 e. The fourth-order valence-electron chi connectivity index (χ4n) is 4.42. The lowest BCUT2D eigenvalue weighted by Crippen LogP contribution is -2.26. The summed E-state index contributed by atoms with van der Waals surface area (Å²) >= 11 is 0. The number of nitrogens with zero attached hydrogens (tertiary/aromatic N) is 2. The van der Waals surface area contributed by atoms with Crippen LogP contribution in [-0.4, -0.2) is 31.3 Å². The summed E-state index contributed by atoms with van der Waals surface area (Å²) in [5.74, 6) is 2.45. The first-order chi connectivity index (χ1) is 19.7. The van der Waals surface area contributed by atoms with Crippen molar-refractivity contribution in [2.24, 2.45) is 0 Å². The summed E-state index contributed by atoms with van der Waals surface area (Å²) in [4.78, 5) is 18.2. The van der Waals surface area contributed by atoms with Crippen LogP contribution in [0.4, 0.5) is 0 Å². The Labute approximate surface area is 238 Å². The van der Waals surface area contributed by atoms with Crippen LogP contribution in [0.25, 0.3) is 32.7 Å². The number of nitrogens with one attached hydrogen (secondary N) is 1. The van der Waals surface area contributed by atoms with E-state index in [0.29, 0.717) is 5.52 Å². The van der Waals surface area contributed by atoms with Crippen molar-refractivity contribution in [3.8, 4) is 17.2 Å². The van der Waals surface area contributed by atoms with Gasteiger partial charge in [-0.3, -0.25) is 9.78 Å². The zero-order valence-corrected chi connectivity index (χ0v) is 24.0. The van der Waals surface area contributed by atoms with E-state index in [1.165, 1.54) is 11.8 Å². The molecule has 3 aromatic heterocycles. The first-order valence-electron chi connectivity index (χ1n) is 13.0. The van der Waals surface area contributed by atoms with Crippen LogP contribution in [0, 0.1) is 26.0 Å². The van der Waals surface area contributed by atoms with Crippen LogP contribution in [0.3, 0.4) is 0 Å². The molecular weight excluding hydrogens is 518 g/mol. The first-order valence-corrected chi connectivity index (χ1v) is 13.0. The van der Waals surface area contributed by atoms with Gasteiger partial charge in [0.05, 0.1) is 32.2 Å². The summed E-state index contributed by atoms with van der Waals surface area (Å²) in [6, 6.07) is 22.3. The predicted octanol–water partition coefficient (Wildman–Crippen LogP) is 6.19. The van der Waals surface area contributed by atoms with E-state index in [1.54, 1.807) is 45.6 Å². The molecule has 1 N–H and O–H groups in total. The Morgan fingerprint density at radius 3 is 1.95 bits per heavy atom.